The van der Waals surface area contributed by atoms with Gasteiger partial charge in [-0.05, 0) is 23.8 Å². The van der Waals surface area contributed by atoms with E-state index in [1.165, 1.54) is 18.2 Å². The van der Waals surface area contributed by atoms with Gasteiger partial charge >= 0.3 is 5.25 Å². The number of benzene rings is 2. The van der Waals surface area contributed by atoms with Crippen LogP contribution < -0.4 is 4.74 Å². The molecule has 2 aromatic carbocycles. The Morgan fingerprint density at radius 2 is 2.05 bits per heavy atom. The average Bonchev–Trinajstić information content (AvgIpc) is 2.72. The summed E-state index contributed by atoms with van der Waals surface area (Å²) < 4.78 is 46.2. The summed E-state index contributed by atoms with van der Waals surface area (Å²) in [5, 5.41) is -2.54. The van der Waals surface area contributed by atoms with Gasteiger partial charge < -0.3 is 4.74 Å². The molecule has 7 heteroatoms. The number of rotatable bonds is 3. The molecule has 0 fully saturated rings. The van der Waals surface area contributed by atoms with E-state index in [9.17, 15) is 13.2 Å². The lowest BCUT2D eigenvalue weighted by atomic mass is 10.1. The first kappa shape index (κ1) is 16.0. The van der Waals surface area contributed by atoms with Gasteiger partial charge in [-0.2, -0.15) is 8.78 Å². The van der Waals surface area contributed by atoms with Crippen molar-refractivity contribution < 1.29 is 17.9 Å². The molecule has 1 aliphatic rings. The molecule has 0 saturated heterocycles. The van der Waals surface area contributed by atoms with Gasteiger partial charge in [-0.25, -0.2) is 4.39 Å². The highest BCUT2D eigenvalue weighted by atomic mass is 79.9. The van der Waals surface area contributed by atoms with Crippen molar-refractivity contribution in [3.05, 3.63) is 56.8 Å². The first-order chi connectivity index (χ1) is 10.3. The van der Waals surface area contributed by atoms with Crippen LogP contribution in [0.2, 0.25) is 5.02 Å². The molecule has 2 aromatic rings. The fraction of sp³-hybridized carbons (Fsp3) is 0.200. The fourth-order valence-corrected chi connectivity index (χ4v) is 4.11. The van der Waals surface area contributed by atoms with Crippen LogP contribution in [0.15, 0.2) is 39.7 Å². The molecule has 0 atom stereocenters. The van der Waals surface area contributed by atoms with Crippen molar-refractivity contribution in [2.45, 2.75) is 23.2 Å². The summed E-state index contributed by atoms with van der Waals surface area (Å²) in [6.07, 6.45) is -0.312. The van der Waals surface area contributed by atoms with Gasteiger partial charge in [0.15, 0.2) is 0 Å². The molecule has 0 bridgehead atoms. The Hall–Kier alpha value is -0.850. The summed E-state index contributed by atoms with van der Waals surface area (Å²) in [6, 6.07) is 7.27. The number of hydrogen-bond donors (Lipinski definition) is 0. The third kappa shape index (κ3) is 3.39. The van der Waals surface area contributed by atoms with Crippen LogP contribution in [0, 0.1) is 5.82 Å². The second kappa shape index (κ2) is 5.98. The third-order valence-corrected chi connectivity index (χ3v) is 5.40. The highest BCUT2D eigenvalue weighted by Gasteiger charge is 2.39. The number of alkyl halides is 2. The van der Waals surface area contributed by atoms with E-state index in [1.54, 1.807) is 12.1 Å². The van der Waals surface area contributed by atoms with Gasteiger partial charge in [-0.15, -0.1) is 0 Å². The maximum absolute atomic E-state index is 13.4. The molecule has 0 aliphatic carbocycles. The Morgan fingerprint density at radius 3 is 2.77 bits per heavy atom. The van der Waals surface area contributed by atoms with Crippen molar-refractivity contribution in [1.82, 2.24) is 0 Å². The number of ether oxygens (including phenoxy) is 1. The summed E-state index contributed by atoms with van der Waals surface area (Å²) in [7, 11) is 0. The fourth-order valence-electron chi connectivity index (χ4n) is 2.20. The predicted molar refractivity (Wildman–Crippen MR) is 84.4 cm³/mol. The summed E-state index contributed by atoms with van der Waals surface area (Å²) in [6.45, 7) is 0.129. The molecular formula is C15H9BrClF3OS. The first-order valence-electron chi connectivity index (χ1n) is 6.30. The lowest BCUT2D eigenvalue weighted by Crippen LogP contribution is -2.07. The zero-order valence-corrected chi connectivity index (χ0v) is 14.2. The Labute approximate surface area is 142 Å². The summed E-state index contributed by atoms with van der Waals surface area (Å²) in [5.41, 5.74) is 1.30. The molecule has 0 unspecified atom stereocenters. The van der Waals surface area contributed by atoms with E-state index in [-0.39, 0.29) is 23.8 Å². The Balaban J connectivity index is 1.80. The van der Waals surface area contributed by atoms with E-state index in [4.69, 9.17) is 16.3 Å². The molecule has 0 amide bonds. The minimum atomic E-state index is -2.78. The minimum Gasteiger partial charge on any atom is -0.489 e. The van der Waals surface area contributed by atoms with Crippen LogP contribution >= 0.6 is 39.3 Å². The van der Waals surface area contributed by atoms with Crippen LogP contribution in [0.3, 0.4) is 0 Å². The van der Waals surface area contributed by atoms with Crippen LogP contribution in [0.4, 0.5) is 13.2 Å². The zero-order chi connectivity index (χ0) is 15.9. The number of hydrogen-bond acceptors (Lipinski definition) is 2. The van der Waals surface area contributed by atoms with Crippen molar-refractivity contribution >= 4 is 39.3 Å². The van der Waals surface area contributed by atoms with Crippen molar-refractivity contribution in [2.24, 2.45) is 0 Å². The van der Waals surface area contributed by atoms with Gasteiger partial charge in [0.1, 0.15) is 18.2 Å². The lowest BCUT2D eigenvalue weighted by molar-refractivity contribution is 0.111. The molecule has 0 saturated carbocycles. The van der Waals surface area contributed by atoms with Gasteiger partial charge in [-0.1, -0.05) is 45.4 Å². The minimum absolute atomic E-state index is 0.129. The van der Waals surface area contributed by atoms with Crippen LogP contribution in [0.1, 0.15) is 11.1 Å². The predicted octanol–water partition coefficient (Wildman–Crippen LogP) is 6.06. The van der Waals surface area contributed by atoms with Gasteiger partial charge in [0.2, 0.25) is 0 Å². The quantitative estimate of drug-likeness (QED) is 0.609. The molecule has 0 aromatic heterocycles. The highest BCUT2D eigenvalue weighted by Crippen LogP contribution is 2.50. The van der Waals surface area contributed by atoms with Gasteiger partial charge in [0, 0.05) is 32.4 Å². The van der Waals surface area contributed by atoms with Gasteiger partial charge in [-0.3, -0.25) is 0 Å². The topological polar surface area (TPSA) is 9.23 Å². The molecule has 0 N–H and O–H groups in total. The summed E-state index contributed by atoms with van der Waals surface area (Å²) >= 11 is 9.68. The van der Waals surface area contributed by atoms with Crippen LogP contribution in [-0.4, -0.2) is 5.25 Å². The van der Waals surface area contributed by atoms with Crippen LogP contribution in [0.25, 0.3) is 0 Å². The molecular weight excluding hydrogens is 401 g/mol. The maximum Gasteiger partial charge on any atom is 0.302 e. The van der Waals surface area contributed by atoms with E-state index < -0.39 is 11.1 Å². The highest BCUT2D eigenvalue weighted by molar-refractivity contribution is 9.10. The van der Waals surface area contributed by atoms with Crippen LogP contribution in [0.5, 0.6) is 5.75 Å². The van der Waals surface area contributed by atoms with E-state index in [0.717, 1.165) is 5.56 Å². The van der Waals surface area contributed by atoms with E-state index in [2.05, 4.69) is 15.9 Å². The van der Waals surface area contributed by atoms with E-state index in [1.807, 2.05) is 0 Å². The van der Waals surface area contributed by atoms with Crippen LogP contribution in [-0.2, 0) is 13.0 Å². The van der Waals surface area contributed by atoms with E-state index >= 15 is 0 Å². The molecule has 1 aliphatic heterocycles. The maximum atomic E-state index is 13.4. The molecule has 0 radical (unpaired) electrons. The first-order valence-corrected chi connectivity index (χ1v) is 8.29. The largest absolute Gasteiger partial charge is 0.489 e. The molecule has 116 valence electrons. The second-order valence-electron chi connectivity index (χ2n) is 4.83. The monoisotopic (exact) mass is 408 g/mol. The van der Waals surface area contributed by atoms with E-state index in [0.29, 0.717) is 26.7 Å². The number of halogens is 5. The summed E-state index contributed by atoms with van der Waals surface area (Å²) in [4.78, 5) is 0.564. The molecule has 3 rings (SSSR count). The SMILES string of the molecule is Fc1cc(Cl)cc(OCc2ccc3c(c2Br)CC(F)(F)S3)c1. The second-order valence-corrected chi connectivity index (χ2v) is 7.30. The average molecular weight is 410 g/mol. The third-order valence-electron chi connectivity index (χ3n) is 3.15. The molecule has 1 heterocycles. The smallest absolute Gasteiger partial charge is 0.302 e. The van der Waals surface area contributed by atoms with Crippen molar-refractivity contribution in [3.8, 4) is 5.75 Å². The number of thioether (sulfide) groups is 1. The molecule has 0 spiro atoms. The standard InChI is InChI=1S/C15H9BrClF3OS/c16-14-8(1-2-13-12(14)6-15(19,20)22-13)7-21-11-4-9(17)3-10(18)5-11/h1-5H,6-7H2. The number of fused-ring (bicyclic) bond motifs is 1. The van der Waals surface area contributed by atoms with Crippen molar-refractivity contribution in [2.75, 3.05) is 0 Å². The summed E-state index contributed by atoms with van der Waals surface area (Å²) in [5.74, 6) is -0.205. The van der Waals surface area contributed by atoms with Crippen molar-refractivity contribution in [3.63, 3.8) is 0 Å². The normalized spacial score (nSPS) is 15.7. The van der Waals surface area contributed by atoms with Gasteiger partial charge in [0.05, 0.1) is 0 Å². The Bertz CT molecular complexity index is 719. The van der Waals surface area contributed by atoms with Gasteiger partial charge in [0.25, 0.3) is 0 Å². The Morgan fingerprint density at radius 1 is 1.27 bits per heavy atom. The molecule has 1 nitrogen and oxygen atoms in total. The Kier molecular flexibility index (Phi) is 4.36. The zero-order valence-electron chi connectivity index (χ0n) is 11.0. The lowest BCUT2D eigenvalue weighted by Gasteiger charge is -2.11. The molecule has 22 heavy (non-hydrogen) atoms. The van der Waals surface area contributed by atoms with Crippen molar-refractivity contribution in [1.29, 1.82) is 0 Å².